The van der Waals surface area contributed by atoms with Crippen LogP contribution in [0.2, 0.25) is 0 Å². The third kappa shape index (κ3) is 4.60. The van der Waals surface area contributed by atoms with E-state index >= 15 is 0 Å². The van der Waals surface area contributed by atoms with Gasteiger partial charge in [0.05, 0.1) is 6.54 Å². The van der Waals surface area contributed by atoms with Gasteiger partial charge in [-0.1, -0.05) is 31.2 Å². The molecule has 4 N–H and O–H groups in total. The molecule has 1 aromatic carbocycles. The van der Waals surface area contributed by atoms with Crippen LogP contribution in [0.1, 0.15) is 34.4 Å². The van der Waals surface area contributed by atoms with E-state index in [2.05, 4.69) is 34.7 Å². The molecule has 0 spiro atoms. The molecule has 6 nitrogen and oxygen atoms in total. The van der Waals surface area contributed by atoms with Crippen molar-refractivity contribution in [2.75, 3.05) is 7.05 Å². The first-order valence-corrected chi connectivity index (χ1v) is 7.53. The molecule has 23 heavy (non-hydrogen) atoms. The molecule has 0 saturated carbocycles. The van der Waals surface area contributed by atoms with Gasteiger partial charge in [0.15, 0.2) is 11.7 Å². The molecule has 1 heterocycles. The number of hydrogen-bond donors (Lipinski definition) is 3. The van der Waals surface area contributed by atoms with Gasteiger partial charge in [-0.15, -0.1) is 0 Å². The normalized spacial score (nSPS) is 11.3. The molecule has 0 fully saturated rings. The van der Waals surface area contributed by atoms with Crippen LogP contribution in [0.4, 0.5) is 0 Å². The Bertz CT molecular complexity index is 691. The fourth-order valence-corrected chi connectivity index (χ4v) is 2.25. The van der Waals surface area contributed by atoms with Crippen LogP contribution in [-0.2, 0) is 19.5 Å². The SMILES string of the molecule is CCc1ccccc1CNC(=NC)NCc1ccc(C(N)=O)o1. The zero-order chi connectivity index (χ0) is 16.7. The highest BCUT2D eigenvalue weighted by Gasteiger charge is 2.08. The lowest BCUT2D eigenvalue weighted by atomic mass is 10.1. The number of hydrogen-bond acceptors (Lipinski definition) is 3. The summed E-state index contributed by atoms with van der Waals surface area (Å²) < 4.78 is 5.32. The second-order valence-corrected chi connectivity index (χ2v) is 5.03. The van der Waals surface area contributed by atoms with Crippen molar-refractivity contribution < 1.29 is 9.21 Å². The summed E-state index contributed by atoms with van der Waals surface area (Å²) in [5, 5.41) is 6.40. The molecule has 0 unspecified atom stereocenters. The molecule has 0 bridgehead atoms. The van der Waals surface area contributed by atoms with Gasteiger partial charge in [-0.05, 0) is 29.7 Å². The maximum absolute atomic E-state index is 11.0. The summed E-state index contributed by atoms with van der Waals surface area (Å²) in [6.07, 6.45) is 0.992. The third-order valence-corrected chi connectivity index (χ3v) is 3.50. The molecule has 1 amide bonds. The number of nitrogens with zero attached hydrogens (tertiary/aromatic N) is 1. The molecule has 0 atom stereocenters. The quantitative estimate of drug-likeness (QED) is 0.560. The van der Waals surface area contributed by atoms with Crippen molar-refractivity contribution in [2.45, 2.75) is 26.4 Å². The van der Waals surface area contributed by atoms with Gasteiger partial charge in [0, 0.05) is 13.6 Å². The molecule has 1 aromatic heterocycles. The van der Waals surface area contributed by atoms with Gasteiger partial charge in [-0.25, -0.2) is 0 Å². The maximum atomic E-state index is 11.0. The van der Waals surface area contributed by atoms with Crippen molar-refractivity contribution in [1.29, 1.82) is 0 Å². The molecule has 0 saturated heterocycles. The highest BCUT2D eigenvalue weighted by molar-refractivity contribution is 5.89. The fraction of sp³-hybridized carbons (Fsp3) is 0.294. The Morgan fingerprint density at radius 1 is 1.13 bits per heavy atom. The summed E-state index contributed by atoms with van der Waals surface area (Å²) in [6.45, 7) is 3.25. The molecule has 2 rings (SSSR count). The number of aliphatic imine (C=N–C) groups is 1. The molecule has 6 heteroatoms. The Balaban J connectivity index is 1.89. The lowest BCUT2D eigenvalue weighted by Crippen LogP contribution is -2.36. The van der Waals surface area contributed by atoms with Crippen molar-refractivity contribution in [3.05, 3.63) is 59.0 Å². The van der Waals surface area contributed by atoms with Gasteiger partial charge in [-0.2, -0.15) is 0 Å². The fourth-order valence-electron chi connectivity index (χ4n) is 2.25. The molecule has 0 aliphatic rings. The first kappa shape index (κ1) is 16.6. The van der Waals surface area contributed by atoms with Gasteiger partial charge in [0.2, 0.25) is 0 Å². The largest absolute Gasteiger partial charge is 0.454 e. The number of carbonyl (C=O) groups excluding carboxylic acids is 1. The maximum Gasteiger partial charge on any atom is 0.284 e. The Morgan fingerprint density at radius 2 is 1.83 bits per heavy atom. The van der Waals surface area contributed by atoms with Crippen LogP contribution >= 0.6 is 0 Å². The van der Waals surface area contributed by atoms with Crippen LogP contribution in [0.15, 0.2) is 45.8 Å². The van der Waals surface area contributed by atoms with E-state index in [0.717, 1.165) is 6.42 Å². The van der Waals surface area contributed by atoms with Crippen LogP contribution in [0.5, 0.6) is 0 Å². The lowest BCUT2D eigenvalue weighted by molar-refractivity contribution is 0.0972. The summed E-state index contributed by atoms with van der Waals surface area (Å²) in [7, 11) is 1.71. The van der Waals surface area contributed by atoms with Crippen LogP contribution in [0.25, 0.3) is 0 Å². The summed E-state index contributed by atoms with van der Waals surface area (Å²) in [4.78, 5) is 15.2. The second kappa shape index (κ2) is 8.03. The number of benzene rings is 1. The predicted molar refractivity (Wildman–Crippen MR) is 90.1 cm³/mol. The number of amides is 1. The molecule has 0 aliphatic carbocycles. The van der Waals surface area contributed by atoms with Crippen molar-refractivity contribution in [3.63, 3.8) is 0 Å². The zero-order valence-corrected chi connectivity index (χ0v) is 13.4. The van der Waals surface area contributed by atoms with Gasteiger partial charge in [-0.3, -0.25) is 9.79 Å². The minimum atomic E-state index is -0.574. The minimum Gasteiger partial charge on any atom is -0.454 e. The number of guanidine groups is 1. The standard InChI is InChI=1S/C17H22N4O2/c1-3-12-6-4-5-7-13(12)10-20-17(19-2)21-11-14-8-9-15(23-14)16(18)22/h4-9H,3,10-11H2,1-2H3,(H2,18,22)(H2,19,20,21). The topological polar surface area (TPSA) is 92.6 Å². The van der Waals surface area contributed by atoms with E-state index in [1.807, 2.05) is 12.1 Å². The first-order chi connectivity index (χ1) is 11.1. The molecule has 0 radical (unpaired) electrons. The number of rotatable bonds is 6. The Labute approximate surface area is 135 Å². The Hall–Kier alpha value is -2.76. The molecule has 0 aliphatic heterocycles. The molecular formula is C17H22N4O2. The number of aryl methyl sites for hydroxylation is 1. The lowest BCUT2D eigenvalue weighted by Gasteiger charge is -2.13. The monoisotopic (exact) mass is 314 g/mol. The number of furan rings is 1. The van der Waals surface area contributed by atoms with Crippen LogP contribution < -0.4 is 16.4 Å². The first-order valence-electron chi connectivity index (χ1n) is 7.53. The summed E-state index contributed by atoms with van der Waals surface area (Å²) in [5.74, 6) is 0.861. The predicted octanol–water partition coefficient (Wildman–Crippen LogP) is 1.81. The van der Waals surface area contributed by atoms with E-state index in [4.69, 9.17) is 10.2 Å². The van der Waals surface area contributed by atoms with Crippen molar-refractivity contribution >= 4 is 11.9 Å². The summed E-state index contributed by atoms with van der Waals surface area (Å²) in [6, 6.07) is 11.6. The molecule has 122 valence electrons. The van der Waals surface area contributed by atoms with Crippen LogP contribution in [0, 0.1) is 0 Å². The molecule has 2 aromatic rings. The molecular weight excluding hydrogens is 292 g/mol. The van der Waals surface area contributed by atoms with E-state index in [0.29, 0.717) is 24.8 Å². The van der Waals surface area contributed by atoms with E-state index in [1.165, 1.54) is 11.1 Å². The van der Waals surface area contributed by atoms with Crippen molar-refractivity contribution in [2.24, 2.45) is 10.7 Å². The minimum absolute atomic E-state index is 0.154. The third-order valence-electron chi connectivity index (χ3n) is 3.50. The number of primary amides is 1. The Kier molecular flexibility index (Phi) is 5.80. The van der Waals surface area contributed by atoms with Crippen molar-refractivity contribution in [3.8, 4) is 0 Å². The average molecular weight is 314 g/mol. The zero-order valence-electron chi connectivity index (χ0n) is 13.4. The average Bonchev–Trinajstić information content (AvgIpc) is 3.04. The summed E-state index contributed by atoms with van der Waals surface area (Å²) in [5.41, 5.74) is 7.71. The highest BCUT2D eigenvalue weighted by Crippen LogP contribution is 2.09. The van der Waals surface area contributed by atoms with Gasteiger partial charge in [0.1, 0.15) is 5.76 Å². The van der Waals surface area contributed by atoms with E-state index < -0.39 is 5.91 Å². The van der Waals surface area contributed by atoms with E-state index in [1.54, 1.807) is 19.2 Å². The van der Waals surface area contributed by atoms with Gasteiger partial charge < -0.3 is 20.8 Å². The smallest absolute Gasteiger partial charge is 0.284 e. The Morgan fingerprint density at radius 3 is 2.43 bits per heavy atom. The number of carbonyl (C=O) groups is 1. The van der Waals surface area contributed by atoms with Gasteiger partial charge in [0.25, 0.3) is 5.91 Å². The number of nitrogens with one attached hydrogen (secondary N) is 2. The van der Waals surface area contributed by atoms with Crippen LogP contribution in [-0.4, -0.2) is 18.9 Å². The summed E-state index contributed by atoms with van der Waals surface area (Å²) >= 11 is 0. The van der Waals surface area contributed by atoms with E-state index in [9.17, 15) is 4.79 Å². The van der Waals surface area contributed by atoms with Gasteiger partial charge >= 0.3 is 0 Å². The van der Waals surface area contributed by atoms with Crippen LogP contribution in [0.3, 0.4) is 0 Å². The van der Waals surface area contributed by atoms with E-state index in [-0.39, 0.29) is 5.76 Å². The second-order valence-electron chi connectivity index (χ2n) is 5.03. The highest BCUT2D eigenvalue weighted by atomic mass is 16.3. The van der Waals surface area contributed by atoms with Crippen molar-refractivity contribution in [1.82, 2.24) is 10.6 Å². The number of nitrogens with two attached hydrogens (primary N) is 1.